The zero-order valence-corrected chi connectivity index (χ0v) is 10.4. The van der Waals surface area contributed by atoms with Crippen LogP contribution >= 0.6 is 7.82 Å². The summed E-state index contributed by atoms with van der Waals surface area (Å²) >= 11 is 0. The highest BCUT2D eigenvalue weighted by Crippen LogP contribution is 2.37. The number of aromatic amines is 2. The van der Waals surface area contributed by atoms with E-state index in [0.717, 1.165) is 10.9 Å². The largest absolute Gasteiger partial charge is 0.525 e. The lowest BCUT2D eigenvalue weighted by Crippen LogP contribution is -1.89. The van der Waals surface area contributed by atoms with Crippen LogP contribution in [-0.2, 0) is 4.57 Å². The van der Waals surface area contributed by atoms with E-state index in [-0.39, 0.29) is 5.88 Å². The molecular weight excluding hydrogens is 273 g/mol. The molecule has 0 amide bonds. The number of phosphoric ester groups is 1. The van der Waals surface area contributed by atoms with Gasteiger partial charge in [-0.25, -0.2) is 9.66 Å². The van der Waals surface area contributed by atoms with Gasteiger partial charge in [0.15, 0.2) is 0 Å². The van der Waals surface area contributed by atoms with E-state index in [0.29, 0.717) is 0 Å². The van der Waals surface area contributed by atoms with Crippen LogP contribution in [0.1, 0.15) is 0 Å². The molecule has 2 heterocycles. The van der Waals surface area contributed by atoms with Gasteiger partial charge in [-0.05, 0) is 16.5 Å². The van der Waals surface area contributed by atoms with Crippen LogP contribution < -0.4 is 4.52 Å². The smallest absolute Gasteiger partial charge is 0.388 e. The number of fused-ring (bicyclic) bond motifs is 1. The van der Waals surface area contributed by atoms with Gasteiger partial charge in [-0.15, -0.1) is 5.10 Å². The topological polar surface area (TPSA) is 137 Å². The van der Waals surface area contributed by atoms with Crippen LogP contribution in [0.5, 0.6) is 5.88 Å². The number of aromatic nitrogens is 5. The van der Waals surface area contributed by atoms with Crippen molar-refractivity contribution >= 4 is 18.7 Å². The summed E-state index contributed by atoms with van der Waals surface area (Å²) in [6.45, 7) is 0. The Morgan fingerprint density at radius 1 is 1.26 bits per heavy atom. The minimum absolute atomic E-state index is 0.0690. The number of nitrogens with zero attached hydrogens (tertiary/aromatic N) is 3. The van der Waals surface area contributed by atoms with Crippen molar-refractivity contribution in [2.75, 3.05) is 0 Å². The molecule has 0 fully saturated rings. The molecule has 0 radical (unpaired) electrons. The fourth-order valence-electron chi connectivity index (χ4n) is 1.35. The number of para-hydroxylation sites is 1. The molecule has 0 bridgehead atoms. The van der Waals surface area contributed by atoms with Crippen molar-refractivity contribution in [3.63, 3.8) is 0 Å². The van der Waals surface area contributed by atoms with Gasteiger partial charge in [-0.3, -0.25) is 9.79 Å². The molecule has 3 aromatic rings. The van der Waals surface area contributed by atoms with Crippen LogP contribution in [0, 0.1) is 0 Å². The first kappa shape index (κ1) is 13.2. The summed E-state index contributed by atoms with van der Waals surface area (Å²) in [6.07, 6.45) is 1.40. The number of H-pyrrole nitrogens is 2. The Labute approximate surface area is 106 Å². The van der Waals surface area contributed by atoms with Crippen molar-refractivity contribution in [3.05, 3.63) is 36.7 Å². The van der Waals surface area contributed by atoms with Crippen LogP contribution in [0.4, 0.5) is 0 Å². The number of nitrogens with one attached hydrogen (secondary N) is 2. The third kappa shape index (κ3) is 4.18. The monoisotopic (exact) mass is 283 g/mol. The van der Waals surface area contributed by atoms with Gasteiger partial charge in [0.25, 0.3) is 0 Å². The van der Waals surface area contributed by atoms with Crippen molar-refractivity contribution in [3.8, 4) is 5.88 Å². The summed E-state index contributed by atoms with van der Waals surface area (Å²) in [4.78, 5) is 19.9. The summed E-state index contributed by atoms with van der Waals surface area (Å²) in [6, 6.07) is 8.80. The normalized spacial score (nSPS) is 10.8. The first-order valence-corrected chi connectivity index (χ1v) is 6.57. The number of rotatable bonds is 2. The molecule has 0 aliphatic carbocycles. The second-order valence-corrected chi connectivity index (χ2v) is 4.53. The maximum Gasteiger partial charge on any atom is 0.525 e. The second kappa shape index (κ2) is 5.61. The average molecular weight is 283 g/mol. The van der Waals surface area contributed by atoms with E-state index in [1.165, 1.54) is 12.4 Å². The molecule has 0 aliphatic heterocycles. The molecule has 0 aliphatic rings. The number of phosphoric acid groups is 1. The Bertz CT molecular complexity index is 627. The molecule has 1 aromatic carbocycles. The Morgan fingerprint density at radius 2 is 2.05 bits per heavy atom. The van der Waals surface area contributed by atoms with Crippen molar-refractivity contribution < 1.29 is 18.9 Å². The average Bonchev–Trinajstić information content (AvgIpc) is 2.98. The highest BCUT2D eigenvalue weighted by molar-refractivity contribution is 7.46. The summed E-state index contributed by atoms with van der Waals surface area (Å²) in [7, 11) is -4.47. The van der Waals surface area contributed by atoms with Gasteiger partial charge in [-0.2, -0.15) is 0 Å². The lowest BCUT2D eigenvalue weighted by Gasteiger charge is -2.02. The number of tetrazole rings is 1. The minimum Gasteiger partial charge on any atom is -0.388 e. The third-order valence-corrected chi connectivity index (χ3v) is 2.43. The van der Waals surface area contributed by atoms with Crippen molar-refractivity contribution in [2.45, 2.75) is 0 Å². The summed E-state index contributed by atoms with van der Waals surface area (Å²) in [5, 5.41) is 12.9. The van der Waals surface area contributed by atoms with Gasteiger partial charge >= 0.3 is 7.82 Å². The van der Waals surface area contributed by atoms with Crippen molar-refractivity contribution in [1.82, 2.24) is 25.6 Å². The summed E-state index contributed by atoms with van der Waals surface area (Å²) in [5.74, 6) is 0.0690. The Morgan fingerprint density at radius 3 is 2.58 bits per heavy atom. The Balaban J connectivity index is 0.000000224. The van der Waals surface area contributed by atoms with Gasteiger partial charge in [0, 0.05) is 17.0 Å². The standard InChI is InChI=1S/C8H8NO4P.CH2N4/c10-14(11,12)13-8-5-6-3-1-2-4-7(6)9-8;1-2-4-5-3-1/h1-5,9H,(H2,10,11,12);1H,(H,2,3,4,5). The molecule has 0 saturated heterocycles. The van der Waals surface area contributed by atoms with Crippen LogP contribution in [0.15, 0.2) is 36.7 Å². The van der Waals surface area contributed by atoms with Crippen LogP contribution in [0.2, 0.25) is 0 Å². The van der Waals surface area contributed by atoms with Crippen LogP contribution in [0.25, 0.3) is 10.9 Å². The molecule has 0 unspecified atom stereocenters. The molecule has 0 atom stereocenters. The molecule has 4 N–H and O–H groups in total. The highest BCUT2D eigenvalue weighted by atomic mass is 31.2. The molecule has 9 nitrogen and oxygen atoms in total. The van der Waals surface area contributed by atoms with Gasteiger partial charge in [-0.1, -0.05) is 18.2 Å². The summed E-state index contributed by atoms with van der Waals surface area (Å²) < 4.78 is 14.9. The van der Waals surface area contributed by atoms with E-state index in [2.05, 4.69) is 30.1 Å². The predicted molar refractivity (Wildman–Crippen MR) is 65.1 cm³/mol. The maximum atomic E-state index is 10.5. The van der Waals surface area contributed by atoms with E-state index < -0.39 is 7.82 Å². The van der Waals surface area contributed by atoms with Crippen molar-refractivity contribution in [2.24, 2.45) is 0 Å². The lowest BCUT2D eigenvalue weighted by molar-refractivity contribution is 0.280. The van der Waals surface area contributed by atoms with Gasteiger partial charge < -0.3 is 9.51 Å². The van der Waals surface area contributed by atoms with Crippen LogP contribution in [-0.4, -0.2) is 35.4 Å². The molecule has 0 saturated carbocycles. The lowest BCUT2D eigenvalue weighted by atomic mass is 10.3. The number of hydrogen-bond acceptors (Lipinski definition) is 5. The molecule has 2 aromatic heterocycles. The quantitative estimate of drug-likeness (QED) is 0.511. The molecule has 3 rings (SSSR count). The fraction of sp³-hybridized carbons (Fsp3) is 0. The SMILES string of the molecule is O=P(O)(O)Oc1cc2ccccc2[nH]1.c1nnn[nH]1. The Hall–Kier alpha value is -2.22. The van der Waals surface area contributed by atoms with Gasteiger partial charge in [0.1, 0.15) is 6.33 Å². The highest BCUT2D eigenvalue weighted by Gasteiger charge is 2.16. The molecular formula is C9H10N5O4P. The summed E-state index contributed by atoms with van der Waals surface area (Å²) in [5.41, 5.74) is 0.774. The number of hydrogen-bond donors (Lipinski definition) is 4. The predicted octanol–water partition coefficient (Wildman–Crippen LogP) is 0.839. The first-order chi connectivity index (χ1) is 9.04. The van der Waals surface area contributed by atoms with E-state index in [9.17, 15) is 4.57 Å². The minimum atomic E-state index is -4.47. The second-order valence-electron chi connectivity index (χ2n) is 3.37. The zero-order chi connectivity index (χ0) is 13.7. The zero-order valence-electron chi connectivity index (χ0n) is 9.46. The molecule has 10 heteroatoms. The maximum absolute atomic E-state index is 10.5. The van der Waals surface area contributed by atoms with Gasteiger partial charge in [0.05, 0.1) is 0 Å². The van der Waals surface area contributed by atoms with E-state index in [4.69, 9.17) is 9.79 Å². The Kier molecular flexibility index (Phi) is 3.91. The molecule has 19 heavy (non-hydrogen) atoms. The molecule has 0 spiro atoms. The third-order valence-electron chi connectivity index (χ3n) is 1.99. The molecule has 100 valence electrons. The van der Waals surface area contributed by atoms with E-state index in [1.54, 1.807) is 6.07 Å². The van der Waals surface area contributed by atoms with Crippen molar-refractivity contribution in [1.29, 1.82) is 0 Å². The number of benzene rings is 1. The first-order valence-electron chi connectivity index (χ1n) is 5.04. The van der Waals surface area contributed by atoms with E-state index in [1.807, 2.05) is 18.2 Å². The van der Waals surface area contributed by atoms with E-state index >= 15 is 0 Å². The van der Waals surface area contributed by atoms with Gasteiger partial charge in [0.2, 0.25) is 5.88 Å². The fourth-order valence-corrected chi connectivity index (χ4v) is 1.71. The van der Waals surface area contributed by atoms with Crippen LogP contribution in [0.3, 0.4) is 0 Å².